The molecule has 2 aliphatic heterocycles. The Bertz CT molecular complexity index is 4260. The molecule has 0 amide bonds. The summed E-state index contributed by atoms with van der Waals surface area (Å²) in [6.45, 7) is 6.79. The summed E-state index contributed by atoms with van der Waals surface area (Å²) >= 11 is 0. The molecule has 0 radical (unpaired) electrons. The Morgan fingerprint density at radius 1 is 0.368 bits per heavy atom. The second-order valence-electron chi connectivity index (χ2n) is 20.1. The van der Waals surface area contributed by atoms with Gasteiger partial charge in [-0.05, 0) is 122 Å². The second kappa shape index (κ2) is 13.6. The molecule has 0 saturated heterocycles. The van der Waals surface area contributed by atoms with Crippen LogP contribution < -0.4 is 10.9 Å². The molecule has 318 valence electrons. The molecule has 0 fully saturated rings. The summed E-state index contributed by atoms with van der Waals surface area (Å²) in [5, 5.41) is 7.66. The Morgan fingerprint density at radius 3 is 1.65 bits per heavy atom. The number of para-hydroxylation sites is 3. The molecule has 0 saturated carbocycles. The van der Waals surface area contributed by atoms with E-state index in [2.05, 4.69) is 247 Å². The molecule has 3 aromatic heterocycles. The molecule has 68 heavy (non-hydrogen) atoms. The molecule has 5 heterocycles. The minimum absolute atomic E-state index is 0.0534. The van der Waals surface area contributed by atoms with Gasteiger partial charge in [-0.3, -0.25) is 0 Å². The Balaban J connectivity index is 1.15. The minimum atomic E-state index is -0.0995. The molecule has 0 N–H and O–H groups in total. The molecular formula is C64H44BN3. The lowest BCUT2D eigenvalue weighted by Crippen LogP contribution is -2.55. The van der Waals surface area contributed by atoms with Crippen LogP contribution in [-0.4, -0.2) is 20.5 Å². The van der Waals surface area contributed by atoms with E-state index in [1.54, 1.807) is 0 Å². The number of hydrogen-bond acceptors (Lipinski definition) is 0. The maximum atomic E-state index is 2.73. The highest BCUT2D eigenvalue weighted by Gasteiger charge is 2.43. The van der Waals surface area contributed by atoms with Crippen LogP contribution >= 0.6 is 0 Å². The van der Waals surface area contributed by atoms with Crippen molar-refractivity contribution in [1.29, 1.82) is 0 Å². The lowest BCUT2D eigenvalue weighted by Gasteiger charge is -2.35. The molecule has 0 spiro atoms. The maximum Gasteiger partial charge on any atom is 0.333 e. The van der Waals surface area contributed by atoms with Gasteiger partial charge in [0, 0.05) is 60.3 Å². The predicted octanol–water partition coefficient (Wildman–Crippen LogP) is 15.2. The minimum Gasteiger partial charge on any atom is -0.375 e. The van der Waals surface area contributed by atoms with E-state index in [1.165, 1.54) is 138 Å². The topological polar surface area (TPSA) is 14.8 Å². The third-order valence-electron chi connectivity index (χ3n) is 15.3. The highest BCUT2D eigenvalue weighted by molar-refractivity contribution is 6.90. The van der Waals surface area contributed by atoms with Crippen molar-refractivity contribution in [2.24, 2.45) is 0 Å². The Hall–Kier alpha value is -8.34. The van der Waals surface area contributed by atoms with Crippen LogP contribution in [0.15, 0.2) is 212 Å². The Kier molecular flexibility index (Phi) is 7.58. The van der Waals surface area contributed by atoms with Crippen molar-refractivity contribution >= 4 is 83.2 Å². The first-order valence-electron chi connectivity index (χ1n) is 24.0. The smallest absolute Gasteiger partial charge is 0.333 e. The fourth-order valence-electron chi connectivity index (χ4n) is 12.3. The van der Waals surface area contributed by atoms with Crippen molar-refractivity contribution in [2.45, 2.75) is 26.2 Å². The molecule has 15 rings (SSSR count). The third-order valence-corrected chi connectivity index (χ3v) is 15.3. The van der Waals surface area contributed by atoms with Gasteiger partial charge in [0.2, 0.25) is 0 Å². The molecule has 2 aliphatic rings. The third kappa shape index (κ3) is 5.09. The molecule has 13 aromatic rings. The Morgan fingerprint density at radius 2 is 0.926 bits per heavy atom. The SMILES string of the molecule is CC(C)(C)c1ccc(-c2cc3c4c(c2)-n2c5ccccc5c5c2c(cc2c6ccccc6n(-c6ccccc6)c25)B4n2c4ccc(-c5ccccc5)cc4c4cc(-c5ccccc5)cc-3c42)cc1. The normalized spacial score (nSPS) is 12.9. The standard InChI is InChI=1S/C64H44BN3/c1-64(2,3)45-30-27-41(28-31-45)44-34-50-52-36-43(40-19-9-5-10-20-40)35-51-49-33-42(39-17-7-4-8-18-39)29-32-57(49)68(61(51)52)65-54-38-53-47-23-13-15-25-55(47)66(46-21-11-6-12-22-46)62(53)59-48-24-14-16-26-56(48)67(63(54)59)58(37-44)60(50)65/h4-38H,1-3H3. The summed E-state index contributed by atoms with van der Waals surface area (Å²) in [7, 11) is 0. The van der Waals surface area contributed by atoms with Gasteiger partial charge in [-0.15, -0.1) is 0 Å². The summed E-state index contributed by atoms with van der Waals surface area (Å²) in [6, 6.07) is 80.0. The zero-order chi connectivity index (χ0) is 45.0. The fraction of sp³-hybridized carbons (Fsp3) is 0.0625. The van der Waals surface area contributed by atoms with E-state index in [4.69, 9.17) is 0 Å². The van der Waals surface area contributed by atoms with Crippen LogP contribution in [0, 0.1) is 0 Å². The van der Waals surface area contributed by atoms with Gasteiger partial charge in [0.15, 0.2) is 0 Å². The average molecular weight is 866 g/mol. The number of hydrogen-bond donors (Lipinski definition) is 0. The summed E-state index contributed by atoms with van der Waals surface area (Å²) < 4.78 is 7.88. The first-order chi connectivity index (χ1) is 33.4. The molecule has 0 aliphatic carbocycles. The van der Waals surface area contributed by atoms with Gasteiger partial charge in [-0.25, -0.2) is 0 Å². The number of nitrogens with zero attached hydrogens (tertiary/aromatic N) is 3. The van der Waals surface area contributed by atoms with Gasteiger partial charge < -0.3 is 13.6 Å². The molecular weight excluding hydrogens is 822 g/mol. The van der Waals surface area contributed by atoms with Gasteiger partial charge in [0.1, 0.15) is 0 Å². The number of benzene rings is 10. The van der Waals surface area contributed by atoms with Crippen molar-refractivity contribution < 1.29 is 0 Å². The highest BCUT2D eigenvalue weighted by atomic mass is 15.0. The van der Waals surface area contributed by atoms with E-state index < -0.39 is 0 Å². The van der Waals surface area contributed by atoms with E-state index in [9.17, 15) is 0 Å². The van der Waals surface area contributed by atoms with Crippen LogP contribution in [0.5, 0.6) is 0 Å². The van der Waals surface area contributed by atoms with Crippen LogP contribution in [0.25, 0.3) is 121 Å². The fourth-order valence-corrected chi connectivity index (χ4v) is 12.3. The van der Waals surface area contributed by atoms with Crippen LogP contribution in [0.4, 0.5) is 0 Å². The largest absolute Gasteiger partial charge is 0.375 e. The molecule has 3 nitrogen and oxygen atoms in total. The lowest BCUT2D eigenvalue weighted by molar-refractivity contribution is 0.590. The lowest BCUT2D eigenvalue weighted by atomic mass is 9.45. The van der Waals surface area contributed by atoms with Gasteiger partial charge in [-0.2, -0.15) is 0 Å². The van der Waals surface area contributed by atoms with Crippen LogP contribution in [0.2, 0.25) is 0 Å². The zero-order valence-electron chi connectivity index (χ0n) is 38.1. The maximum absolute atomic E-state index is 2.73. The molecule has 0 atom stereocenters. The first kappa shape index (κ1) is 37.8. The average Bonchev–Trinajstić information content (AvgIpc) is 4.03. The van der Waals surface area contributed by atoms with Crippen LogP contribution in [0.3, 0.4) is 0 Å². The quantitative estimate of drug-likeness (QED) is 0.157. The summed E-state index contributed by atoms with van der Waals surface area (Å²) in [5.41, 5.74) is 23.9. The van der Waals surface area contributed by atoms with E-state index in [0.717, 1.165) is 0 Å². The number of aromatic nitrogens is 3. The summed E-state index contributed by atoms with van der Waals surface area (Å²) in [4.78, 5) is 0. The predicted molar refractivity (Wildman–Crippen MR) is 289 cm³/mol. The number of fused-ring (bicyclic) bond motifs is 14. The van der Waals surface area contributed by atoms with E-state index in [1.807, 2.05) is 0 Å². The summed E-state index contributed by atoms with van der Waals surface area (Å²) in [6.07, 6.45) is 0. The number of rotatable bonds is 4. The van der Waals surface area contributed by atoms with E-state index >= 15 is 0 Å². The molecule has 10 aromatic carbocycles. The van der Waals surface area contributed by atoms with Crippen molar-refractivity contribution in [1.82, 2.24) is 13.6 Å². The van der Waals surface area contributed by atoms with Gasteiger partial charge >= 0.3 is 6.85 Å². The van der Waals surface area contributed by atoms with E-state index in [-0.39, 0.29) is 12.3 Å². The molecule has 0 unspecified atom stereocenters. The summed E-state index contributed by atoms with van der Waals surface area (Å²) in [5.74, 6) is 0. The second-order valence-corrected chi connectivity index (χ2v) is 20.1. The van der Waals surface area contributed by atoms with Gasteiger partial charge in [-0.1, -0.05) is 172 Å². The van der Waals surface area contributed by atoms with Crippen molar-refractivity contribution in [3.63, 3.8) is 0 Å². The van der Waals surface area contributed by atoms with Crippen molar-refractivity contribution in [3.8, 4) is 55.9 Å². The zero-order valence-corrected chi connectivity index (χ0v) is 38.1. The van der Waals surface area contributed by atoms with Crippen LogP contribution in [-0.2, 0) is 5.41 Å². The van der Waals surface area contributed by atoms with Crippen LogP contribution in [0.1, 0.15) is 26.3 Å². The first-order valence-corrected chi connectivity index (χ1v) is 24.0. The molecule has 4 heteroatoms. The Labute approximate surface area is 394 Å². The monoisotopic (exact) mass is 865 g/mol. The van der Waals surface area contributed by atoms with Crippen molar-refractivity contribution in [2.75, 3.05) is 0 Å². The van der Waals surface area contributed by atoms with Crippen molar-refractivity contribution in [3.05, 3.63) is 218 Å². The van der Waals surface area contributed by atoms with Gasteiger partial charge in [0.25, 0.3) is 0 Å². The highest BCUT2D eigenvalue weighted by Crippen LogP contribution is 2.49. The molecule has 0 bridgehead atoms. The van der Waals surface area contributed by atoms with E-state index in [0.29, 0.717) is 0 Å². The van der Waals surface area contributed by atoms with Gasteiger partial charge in [0.05, 0.1) is 22.1 Å².